The van der Waals surface area contributed by atoms with Crippen LogP contribution in [0, 0.1) is 6.92 Å². The molecule has 2 aromatic heterocycles. The first-order valence-corrected chi connectivity index (χ1v) is 9.15. The van der Waals surface area contributed by atoms with Gasteiger partial charge in [-0.15, -0.1) is 10.2 Å². The van der Waals surface area contributed by atoms with Crippen molar-refractivity contribution in [3.63, 3.8) is 0 Å². The zero-order chi connectivity index (χ0) is 17.8. The monoisotopic (exact) mass is 358 g/mol. The van der Waals surface area contributed by atoms with Crippen LogP contribution in [0.25, 0.3) is 11.6 Å². The van der Waals surface area contributed by atoms with Crippen LogP contribution in [0.3, 0.4) is 0 Å². The first kappa shape index (κ1) is 17.4. The molecule has 0 unspecified atom stereocenters. The summed E-state index contributed by atoms with van der Waals surface area (Å²) in [5.74, 6) is 9.25. The third-order valence-corrected chi connectivity index (χ3v) is 4.76. The predicted octanol–water partition coefficient (Wildman–Crippen LogP) is 3.85. The molecule has 0 saturated carbocycles. The highest BCUT2D eigenvalue weighted by Gasteiger charge is 2.14. The lowest BCUT2D eigenvalue weighted by Crippen LogP contribution is -2.12. The molecule has 6 nitrogen and oxygen atoms in total. The van der Waals surface area contributed by atoms with Gasteiger partial charge in [0.25, 0.3) is 0 Å². The molecule has 0 fully saturated rings. The number of aromatic nitrogens is 3. The molecule has 0 amide bonds. The van der Waals surface area contributed by atoms with Crippen LogP contribution in [-0.2, 0) is 0 Å². The predicted molar refractivity (Wildman–Crippen MR) is 99.4 cm³/mol. The highest BCUT2D eigenvalue weighted by Crippen LogP contribution is 2.24. The largest absolute Gasteiger partial charge is 0.493 e. The van der Waals surface area contributed by atoms with Gasteiger partial charge < -0.3 is 15.0 Å². The number of nitrogen functional groups attached to an aromatic ring is 1. The fourth-order valence-corrected chi connectivity index (χ4v) is 3.30. The van der Waals surface area contributed by atoms with Gasteiger partial charge in [-0.05, 0) is 48.2 Å². The van der Waals surface area contributed by atoms with Gasteiger partial charge in [0, 0.05) is 5.75 Å². The molecule has 0 atom stereocenters. The zero-order valence-electron chi connectivity index (χ0n) is 14.6. The van der Waals surface area contributed by atoms with Crippen molar-refractivity contribution in [1.29, 1.82) is 0 Å². The maximum atomic E-state index is 6.02. The minimum absolute atomic E-state index is 0.508. The van der Waals surface area contributed by atoms with Gasteiger partial charge in [-0.1, -0.05) is 31.7 Å². The second-order valence-electron chi connectivity index (χ2n) is 6.02. The summed E-state index contributed by atoms with van der Waals surface area (Å²) in [4.78, 5) is 0. The lowest BCUT2D eigenvalue weighted by molar-refractivity contribution is 0.343. The lowest BCUT2D eigenvalue weighted by Gasteiger charge is -2.12. The Morgan fingerprint density at radius 2 is 2.12 bits per heavy atom. The quantitative estimate of drug-likeness (QED) is 0.392. The topological polar surface area (TPSA) is 79.1 Å². The summed E-state index contributed by atoms with van der Waals surface area (Å²) < 4.78 is 12.6. The number of nitrogens with two attached hydrogens (primary N) is 1. The molecule has 0 aliphatic rings. The Balaban J connectivity index is 1.53. The standard InChI is InChI=1S/C18H22N4O2S/c1-12(2)15-7-6-14(11-13(15)3)23-9-10-25-18-21-20-17(22(18)19)16-5-4-8-24-16/h4-8,11-12H,9-10,19H2,1-3H3. The Morgan fingerprint density at radius 1 is 1.28 bits per heavy atom. The average molecular weight is 358 g/mol. The molecule has 25 heavy (non-hydrogen) atoms. The van der Waals surface area contributed by atoms with Crippen LogP contribution < -0.4 is 10.6 Å². The molecular formula is C18H22N4O2S. The smallest absolute Gasteiger partial charge is 0.218 e. The molecule has 7 heteroatoms. The van der Waals surface area contributed by atoms with E-state index in [1.54, 1.807) is 18.4 Å². The minimum Gasteiger partial charge on any atom is -0.493 e. The van der Waals surface area contributed by atoms with E-state index in [2.05, 4.69) is 43.1 Å². The number of nitrogens with zero attached hydrogens (tertiary/aromatic N) is 3. The Labute approximate surface area is 151 Å². The van der Waals surface area contributed by atoms with Gasteiger partial charge >= 0.3 is 0 Å². The summed E-state index contributed by atoms with van der Waals surface area (Å²) >= 11 is 1.49. The molecule has 0 bridgehead atoms. The van der Waals surface area contributed by atoms with Crippen LogP contribution in [0.2, 0.25) is 0 Å². The minimum atomic E-state index is 0.508. The third kappa shape index (κ3) is 3.99. The van der Waals surface area contributed by atoms with Crippen LogP contribution in [0.4, 0.5) is 0 Å². The fraction of sp³-hybridized carbons (Fsp3) is 0.333. The molecule has 3 aromatic rings. The van der Waals surface area contributed by atoms with E-state index in [-0.39, 0.29) is 0 Å². The SMILES string of the molecule is Cc1cc(OCCSc2nnc(-c3ccco3)n2N)ccc1C(C)C. The van der Waals surface area contributed by atoms with Crippen LogP contribution in [0.5, 0.6) is 5.75 Å². The van der Waals surface area contributed by atoms with E-state index in [4.69, 9.17) is 15.0 Å². The van der Waals surface area contributed by atoms with Crippen molar-refractivity contribution in [2.45, 2.75) is 31.8 Å². The number of hydrogen-bond acceptors (Lipinski definition) is 6. The number of rotatable bonds is 7. The molecular weight excluding hydrogens is 336 g/mol. The van der Waals surface area contributed by atoms with Gasteiger partial charge in [-0.3, -0.25) is 0 Å². The van der Waals surface area contributed by atoms with Crippen LogP contribution in [-0.4, -0.2) is 27.2 Å². The first-order chi connectivity index (χ1) is 12.1. The van der Waals surface area contributed by atoms with Crippen molar-refractivity contribution in [3.8, 4) is 17.3 Å². The normalized spacial score (nSPS) is 11.2. The molecule has 0 aliphatic carbocycles. The number of hydrogen-bond donors (Lipinski definition) is 1. The Bertz CT molecular complexity index is 828. The summed E-state index contributed by atoms with van der Waals surface area (Å²) in [5.41, 5.74) is 2.60. The van der Waals surface area contributed by atoms with E-state index in [0.29, 0.717) is 29.3 Å². The maximum Gasteiger partial charge on any atom is 0.218 e. The number of furan rings is 1. The van der Waals surface area contributed by atoms with Crippen LogP contribution in [0.15, 0.2) is 46.2 Å². The number of ether oxygens (including phenoxy) is 1. The summed E-state index contributed by atoms with van der Waals surface area (Å²) in [5, 5.41) is 8.79. The van der Waals surface area contributed by atoms with Gasteiger partial charge in [0.15, 0.2) is 5.76 Å². The highest BCUT2D eigenvalue weighted by atomic mass is 32.2. The number of benzene rings is 1. The summed E-state index contributed by atoms with van der Waals surface area (Å²) in [6.45, 7) is 7.07. The van der Waals surface area contributed by atoms with Crippen molar-refractivity contribution < 1.29 is 9.15 Å². The van der Waals surface area contributed by atoms with Crippen molar-refractivity contribution in [2.75, 3.05) is 18.2 Å². The van der Waals surface area contributed by atoms with Crippen LogP contribution >= 0.6 is 11.8 Å². The van der Waals surface area contributed by atoms with Crippen molar-refractivity contribution in [1.82, 2.24) is 14.9 Å². The van der Waals surface area contributed by atoms with E-state index < -0.39 is 0 Å². The summed E-state index contributed by atoms with van der Waals surface area (Å²) in [6.07, 6.45) is 1.58. The zero-order valence-corrected chi connectivity index (χ0v) is 15.4. The van der Waals surface area contributed by atoms with Gasteiger partial charge in [-0.2, -0.15) is 0 Å². The molecule has 1 aromatic carbocycles. The molecule has 0 saturated heterocycles. The van der Waals surface area contributed by atoms with E-state index >= 15 is 0 Å². The van der Waals surface area contributed by atoms with E-state index in [9.17, 15) is 0 Å². The number of thioether (sulfide) groups is 1. The van der Waals surface area contributed by atoms with Crippen molar-refractivity contribution in [2.24, 2.45) is 0 Å². The molecule has 132 valence electrons. The molecule has 2 heterocycles. The van der Waals surface area contributed by atoms with Gasteiger partial charge in [0.05, 0.1) is 12.9 Å². The summed E-state index contributed by atoms with van der Waals surface area (Å²) in [7, 11) is 0. The lowest BCUT2D eigenvalue weighted by atomic mass is 9.98. The Morgan fingerprint density at radius 3 is 2.80 bits per heavy atom. The van der Waals surface area contributed by atoms with E-state index in [1.807, 2.05) is 6.07 Å². The van der Waals surface area contributed by atoms with Gasteiger partial charge in [0.1, 0.15) is 5.75 Å². The van der Waals surface area contributed by atoms with Gasteiger partial charge in [-0.25, -0.2) is 4.68 Å². The second-order valence-corrected chi connectivity index (χ2v) is 7.09. The van der Waals surface area contributed by atoms with Crippen molar-refractivity contribution >= 4 is 11.8 Å². The molecule has 3 rings (SSSR count). The van der Waals surface area contributed by atoms with Gasteiger partial charge in [0.2, 0.25) is 11.0 Å². The average Bonchev–Trinajstić information content (AvgIpc) is 3.21. The highest BCUT2D eigenvalue weighted by molar-refractivity contribution is 7.99. The van der Waals surface area contributed by atoms with E-state index in [1.165, 1.54) is 27.6 Å². The van der Waals surface area contributed by atoms with Crippen LogP contribution in [0.1, 0.15) is 30.9 Å². The summed E-state index contributed by atoms with van der Waals surface area (Å²) in [6, 6.07) is 9.83. The second kappa shape index (κ2) is 7.65. The molecule has 0 spiro atoms. The number of aryl methyl sites for hydroxylation is 1. The first-order valence-electron chi connectivity index (χ1n) is 8.16. The fourth-order valence-electron chi connectivity index (χ4n) is 2.63. The third-order valence-electron chi connectivity index (χ3n) is 3.85. The molecule has 0 aliphatic heterocycles. The Hall–Kier alpha value is -2.41. The molecule has 2 N–H and O–H groups in total. The Kier molecular flexibility index (Phi) is 5.33. The van der Waals surface area contributed by atoms with Crippen molar-refractivity contribution in [3.05, 3.63) is 47.7 Å². The maximum absolute atomic E-state index is 6.02. The molecule has 0 radical (unpaired) electrons. The van der Waals surface area contributed by atoms with E-state index in [0.717, 1.165) is 11.5 Å².